The molecule has 0 atom stereocenters. The van der Waals surface area contributed by atoms with E-state index in [1.165, 1.54) is 16.9 Å². The Labute approximate surface area is 173 Å². The molecule has 2 heterocycles. The molecule has 0 bridgehead atoms. The molecule has 1 aliphatic rings. The topological polar surface area (TPSA) is 59.3 Å². The number of carbonyl (C=O) groups is 1. The summed E-state index contributed by atoms with van der Waals surface area (Å²) < 4.78 is 1.91. The number of nitrogens with one attached hydrogen (secondary N) is 1. The summed E-state index contributed by atoms with van der Waals surface area (Å²) in [6.07, 6.45) is 5.02. The number of nitrogens with zero attached hydrogens (tertiary/aromatic N) is 3. The lowest BCUT2D eigenvalue weighted by atomic mass is 10.2. The molecular weight excluding hydrogens is 392 g/mol. The van der Waals surface area contributed by atoms with Gasteiger partial charge in [0.15, 0.2) is 0 Å². The van der Waals surface area contributed by atoms with Crippen LogP contribution in [0.4, 0.5) is 0 Å². The average Bonchev–Trinajstić information content (AvgIpc) is 3.33. The van der Waals surface area contributed by atoms with E-state index in [1.54, 1.807) is 17.6 Å². The number of carbonyl (C=O) groups excluding carboxylic acids is 1. The van der Waals surface area contributed by atoms with Crippen LogP contribution >= 0.6 is 22.9 Å². The van der Waals surface area contributed by atoms with E-state index in [1.807, 2.05) is 48.9 Å². The molecule has 5 nitrogen and oxygen atoms in total. The molecule has 1 amide bonds. The molecule has 0 saturated carbocycles. The van der Waals surface area contributed by atoms with Crippen LogP contribution in [-0.2, 0) is 19.4 Å². The van der Waals surface area contributed by atoms with Gasteiger partial charge in [-0.25, -0.2) is 5.43 Å². The van der Waals surface area contributed by atoms with Crippen molar-refractivity contribution in [1.29, 1.82) is 0 Å². The smallest absolute Gasteiger partial charge is 0.266 e. The number of halogens is 1. The van der Waals surface area contributed by atoms with Gasteiger partial charge in [0.2, 0.25) is 0 Å². The zero-order valence-corrected chi connectivity index (χ0v) is 17.4. The summed E-state index contributed by atoms with van der Waals surface area (Å²) in [6, 6.07) is 9.74. The van der Waals surface area contributed by atoms with Crippen LogP contribution in [0, 0.1) is 13.8 Å². The fraction of sp³-hybridized carbons (Fsp3) is 0.286. The third-order valence-corrected chi connectivity index (χ3v) is 6.65. The molecule has 7 heteroatoms. The van der Waals surface area contributed by atoms with E-state index in [2.05, 4.69) is 15.6 Å². The molecule has 2 aromatic heterocycles. The molecule has 1 aromatic carbocycles. The summed E-state index contributed by atoms with van der Waals surface area (Å²) in [5, 5.41) is 9.48. The van der Waals surface area contributed by atoms with E-state index in [9.17, 15) is 4.79 Å². The Hall–Kier alpha value is -2.44. The van der Waals surface area contributed by atoms with Gasteiger partial charge in [-0.05, 0) is 56.4 Å². The number of fused-ring (bicyclic) bond motifs is 1. The predicted molar refractivity (Wildman–Crippen MR) is 114 cm³/mol. The van der Waals surface area contributed by atoms with Crippen molar-refractivity contribution in [1.82, 2.24) is 15.2 Å². The fourth-order valence-electron chi connectivity index (χ4n) is 3.49. The summed E-state index contributed by atoms with van der Waals surface area (Å²) in [5.74, 6) is -0.158. The first kappa shape index (κ1) is 18.9. The molecule has 0 aliphatic heterocycles. The minimum absolute atomic E-state index is 0.158. The zero-order chi connectivity index (χ0) is 19.7. The monoisotopic (exact) mass is 412 g/mol. The van der Waals surface area contributed by atoms with Crippen molar-refractivity contribution in [3.8, 4) is 0 Å². The minimum atomic E-state index is -0.158. The summed E-state index contributed by atoms with van der Waals surface area (Å²) in [7, 11) is 0. The minimum Gasteiger partial charge on any atom is -0.266 e. The third kappa shape index (κ3) is 3.75. The largest absolute Gasteiger partial charge is 0.281 e. The molecule has 0 spiro atoms. The normalized spacial score (nSPS) is 13.2. The van der Waals surface area contributed by atoms with Crippen molar-refractivity contribution < 1.29 is 4.79 Å². The second-order valence-corrected chi connectivity index (χ2v) is 8.49. The van der Waals surface area contributed by atoms with E-state index in [0.29, 0.717) is 6.54 Å². The van der Waals surface area contributed by atoms with E-state index >= 15 is 0 Å². The van der Waals surface area contributed by atoms with Crippen molar-refractivity contribution in [3.63, 3.8) is 0 Å². The Bertz CT molecular complexity index is 1050. The lowest BCUT2D eigenvalue weighted by Crippen LogP contribution is -2.16. The Balaban J connectivity index is 1.46. The summed E-state index contributed by atoms with van der Waals surface area (Å²) in [4.78, 5) is 14.4. The number of hydrazone groups is 1. The number of thiophene rings is 1. The van der Waals surface area contributed by atoms with Gasteiger partial charge in [0.1, 0.15) is 0 Å². The molecule has 0 radical (unpaired) electrons. The van der Waals surface area contributed by atoms with E-state index < -0.39 is 0 Å². The highest BCUT2D eigenvalue weighted by atomic mass is 35.5. The van der Waals surface area contributed by atoms with Crippen molar-refractivity contribution in [2.45, 2.75) is 39.7 Å². The summed E-state index contributed by atoms with van der Waals surface area (Å²) in [6.45, 7) is 4.51. The summed E-state index contributed by atoms with van der Waals surface area (Å²) >= 11 is 7.84. The molecule has 1 N–H and O–H groups in total. The predicted octanol–water partition coefficient (Wildman–Crippen LogP) is 4.52. The molecule has 3 aromatic rings. The first-order chi connectivity index (χ1) is 13.5. The lowest BCUT2D eigenvalue weighted by molar-refractivity contribution is 0.0959. The SMILES string of the molecule is Cc1nn(Cc2ccccc2Cl)c(C)c1/C=N\NC(=O)c1cc2c(s1)CCC2. The molecule has 0 fully saturated rings. The molecule has 28 heavy (non-hydrogen) atoms. The van der Waals surface area contributed by atoms with Gasteiger partial charge in [-0.2, -0.15) is 10.2 Å². The van der Waals surface area contributed by atoms with E-state index in [-0.39, 0.29) is 5.91 Å². The Morgan fingerprint density at radius 2 is 2.18 bits per heavy atom. The molecule has 0 saturated heterocycles. The number of benzene rings is 1. The maximum Gasteiger partial charge on any atom is 0.281 e. The lowest BCUT2D eigenvalue weighted by Gasteiger charge is -2.06. The molecule has 4 rings (SSSR count). The van der Waals surface area contributed by atoms with E-state index in [0.717, 1.165) is 45.3 Å². The van der Waals surface area contributed by atoms with Crippen LogP contribution in [0.15, 0.2) is 35.4 Å². The van der Waals surface area contributed by atoms with Gasteiger partial charge < -0.3 is 0 Å². The van der Waals surface area contributed by atoms with Crippen LogP contribution in [0.1, 0.15) is 49.0 Å². The molecule has 0 unspecified atom stereocenters. The fourth-order valence-corrected chi connectivity index (χ4v) is 4.83. The van der Waals surface area contributed by atoms with Crippen LogP contribution in [0.25, 0.3) is 0 Å². The van der Waals surface area contributed by atoms with E-state index in [4.69, 9.17) is 11.6 Å². The first-order valence-corrected chi connectivity index (χ1v) is 10.4. The molecular formula is C21H21ClN4OS. The van der Waals surface area contributed by atoms with Crippen molar-refractivity contribution in [2.75, 3.05) is 0 Å². The first-order valence-electron chi connectivity index (χ1n) is 9.25. The number of amides is 1. The highest BCUT2D eigenvalue weighted by molar-refractivity contribution is 7.14. The number of hydrogen-bond acceptors (Lipinski definition) is 4. The van der Waals surface area contributed by atoms with Crippen LogP contribution in [0.5, 0.6) is 0 Å². The second kappa shape index (κ2) is 7.89. The van der Waals surface area contributed by atoms with Crippen molar-refractivity contribution >= 4 is 35.1 Å². The Kier molecular flexibility index (Phi) is 5.33. The highest BCUT2D eigenvalue weighted by Gasteiger charge is 2.18. The van der Waals surface area contributed by atoms with Crippen LogP contribution in [0.2, 0.25) is 5.02 Å². The number of rotatable bonds is 5. The van der Waals surface area contributed by atoms with Gasteiger partial charge in [-0.3, -0.25) is 9.48 Å². The highest BCUT2D eigenvalue weighted by Crippen LogP contribution is 2.30. The molecule has 144 valence electrons. The quantitative estimate of drug-likeness (QED) is 0.495. The van der Waals surface area contributed by atoms with Gasteiger partial charge in [0, 0.05) is 21.2 Å². The number of hydrogen-bond donors (Lipinski definition) is 1. The Morgan fingerprint density at radius 1 is 1.36 bits per heavy atom. The van der Waals surface area contributed by atoms with Crippen LogP contribution in [-0.4, -0.2) is 21.9 Å². The number of aromatic nitrogens is 2. The third-order valence-electron chi connectivity index (χ3n) is 5.05. The standard InChI is InChI=1S/C21H21ClN4OS/c1-13-17(14(2)26(25-13)12-16-6-3-4-8-18(16)22)11-23-24-21(27)20-10-15-7-5-9-19(15)28-20/h3-4,6,8,10-11H,5,7,9,12H2,1-2H3,(H,24,27)/b23-11-. The number of aryl methyl sites for hydroxylation is 3. The van der Waals surface area contributed by atoms with Crippen LogP contribution in [0.3, 0.4) is 0 Å². The van der Waals surface area contributed by atoms with Gasteiger partial charge in [-0.1, -0.05) is 29.8 Å². The van der Waals surface area contributed by atoms with Crippen molar-refractivity contribution in [3.05, 3.63) is 73.2 Å². The van der Waals surface area contributed by atoms with Gasteiger partial charge >= 0.3 is 0 Å². The summed E-state index contributed by atoms with van der Waals surface area (Å²) in [5.41, 5.74) is 7.70. The van der Waals surface area contributed by atoms with Gasteiger partial charge in [0.25, 0.3) is 5.91 Å². The van der Waals surface area contributed by atoms with Crippen LogP contribution < -0.4 is 5.43 Å². The maximum absolute atomic E-state index is 12.3. The van der Waals surface area contributed by atoms with Crippen molar-refractivity contribution in [2.24, 2.45) is 5.10 Å². The van der Waals surface area contributed by atoms with Gasteiger partial charge in [0.05, 0.1) is 23.3 Å². The second-order valence-electron chi connectivity index (χ2n) is 6.95. The van der Waals surface area contributed by atoms with Gasteiger partial charge in [-0.15, -0.1) is 11.3 Å². The maximum atomic E-state index is 12.3. The molecule has 1 aliphatic carbocycles. The Morgan fingerprint density at radius 3 is 2.96 bits per heavy atom. The zero-order valence-electron chi connectivity index (χ0n) is 15.8. The average molecular weight is 413 g/mol.